The Labute approximate surface area is 212 Å². The number of anilines is 1. The third-order valence-corrected chi connectivity index (χ3v) is 6.19. The van der Waals surface area contributed by atoms with Crippen molar-refractivity contribution in [2.45, 2.75) is 38.4 Å². The number of carbonyl (C=O) groups is 1. The Morgan fingerprint density at radius 1 is 1.16 bits per heavy atom. The number of guanidine groups is 1. The number of hydrogen-bond acceptors (Lipinski definition) is 3. The Kier molecular flexibility index (Phi) is 9.04. The lowest BCUT2D eigenvalue weighted by Crippen LogP contribution is -2.44. The van der Waals surface area contributed by atoms with Gasteiger partial charge in [0.15, 0.2) is 5.96 Å². The summed E-state index contributed by atoms with van der Waals surface area (Å²) in [5, 5.41) is 7.71. The van der Waals surface area contributed by atoms with Crippen LogP contribution in [0.2, 0.25) is 5.02 Å². The summed E-state index contributed by atoms with van der Waals surface area (Å²) in [7, 11) is 1.80. The van der Waals surface area contributed by atoms with Crippen molar-refractivity contribution < 1.29 is 4.79 Å². The monoisotopic (exact) mass is 567 g/mol. The summed E-state index contributed by atoms with van der Waals surface area (Å²) in [4.78, 5) is 20.5. The second-order valence-electron chi connectivity index (χ2n) is 8.22. The highest BCUT2D eigenvalue weighted by Gasteiger charge is 2.23. The van der Waals surface area contributed by atoms with E-state index in [1.54, 1.807) is 7.05 Å². The van der Waals surface area contributed by atoms with E-state index < -0.39 is 0 Å². The van der Waals surface area contributed by atoms with Crippen molar-refractivity contribution in [2.24, 2.45) is 4.99 Å². The Bertz CT molecular complexity index is 936. The Morgan fingerprint density at radius 3 is 2.62 bits per heavy atom. The number of carbonyl (C=O) groups excluding carboxylic acids is 1. The first-order chi connectivity index (χ1) is 15.1. The van der Waals surface area contributed by atoms with Crippen LogP contribution in [-0.2, 0) is 17.9 Å². The van der Waals surface area contributed by atoms with Gasteiger partial charge in [0.05, 0.1) is 0 Å². The predicted octanol–water partition coefficient (Wildman–Crippen LogP) is 4.02. The van der Waals surface area contributed by atoms with Gasteiger partial charge in [-0.3, -0.25) is 9.79 Å². The summed E-state index contributed by atoms with van der Waals surface area (Å²) >= 11 is 6.14. The second kappa shape index (κ2) is 11.7. The molecule has 2 aromatic rings. The van der Waals surface area contributed by atoms with Crippen LogP contribution >= 0.6 is 35.6 Å². The first-order valence-corrected chi connectivity index (χ1v) is 11.3. The number of likely N-dealkylation sites (tertiary alicyclic amines) is 1. The fraction of sp³-hybridized carbons (Fsp3) is 0.417. The lowest BCUT2D eigenvalue weighted by atomic mass is 10.1. The van der Waals surface area contributed by atoms with Crippen molar-refractivity contribution in [2.75, 3.05) is 31.6 Å². The van der Waals surface area contributed by atoms with Crippen LogP contribution in [0.5, 0.6) is 0 Å². The van der Waals surface area contributed by atoms with Crippen molar-refractivity contribution in [1.82, 2.24) is 15.5 Å². The average molecular weight is 568 g/mol. The van der Waals surface area contributed by atoms with Gasteiger partial charge in [-0.2, -0.15) is 0 Å². The fourth-order valence-corrected chi connectivity index (χ4v) is 4.40. The SMILES string of the molecule is CN=C(NCc1ccc(CN2CCCC2=O)cc1)NC1CCN(c2cccc(Cl)c2)C1.I. The van der Waals surface area contributed by atoms with Crippen LogP contribution in [0.1, 0.15) is 30.4 Å². The zero-order valence-electron chi connectivity index (χ0n) is 18.4. The van der Waals surface area contributed by atoms with Crippen molar-refractivity contribution in [3.63, 3.8) is 0 Å². The summed E-state index contributed by atoms with van der Waals surface area (Å²) in [5.41, 5.74) is 3.52. The summed E-state index contributed by atoms with van der Waals surface area (Å²) in [6.45, 7) is 4.20. The molecule has 0 aliphatic carbocycles. The van der Waals surface area contributed by atoms with E-state index in [1.165, 1.54) is 11.1 Å². The van der Waals surface area contributed by atoms with Crippen LogP contribution in [0.3, 0.4) is 0 Å². The Morgan fingerprint density at radius 2 is 1.94 bits per heavy atom. The highest BCUT2D eigenvalue weighted by atomic mass is 127. The van der Waals surface area contributed by atoms with Gasteiger partial charge in [-0.1, -0.05) is 41.9 Å². The van der Waals surface area contributed by atoms with Crippen LogP contribution in [0.15, 0.2) is 53.5 Å². The molecule has 0 aromatic heterocycles. The van der Waals surface area contributed by atoms with Gasteiger partial charge >= 0.3 is 0 Å². The number of rotatable bonds is 6. The summed E-state index contributed by atoms with van der Waals surface area (Å²) in [6, 6.07) is 16.8. The number of aliphatic imine (C=N–C) groups is 1. The van der Waals surface area contributed by atoms with Crippen molar-refractivity contribution in [3.8, 4) is 0 Å². The lowest BCUT2D eigenvalue weighted by molar-refractivity contribution is -0.128. The molecule has 0 bridgehead atoms. The maximum absolute atomic E-state index is 11.8. The first-order valence-electron chi connectivity index (χ1n) is 10.9. The molecule has 6 nitrogen and oxygen atoms in total. The molecule has 32 heavy (non-hydrogen) atoms. The molecule has 0 radical (unpaired) electrons. The molecule has 1 unspecified atom stereocenters. The van der Waals surface area contributed by atoms with E-state index in [0.717, 1.165) is 49.1 Å². The molecule has 2 aliphatic rings. The van der Waals surface area contributed by atoms with E-state index in [4.69, 9.17) is 11.6 Å². The molecular weight excluding hydrogens is 537 g/mol. The van der Waals surface area contributed by atoms with Gasteiger partial charge in [0, 0.05) is 62.9 Å². The molecule has 2 heterocycles. The summed E-state index contributed by atoms with van der Waals surface area (Å²) in [6.07, 6.45) is 2.72. The van der Waals surface area contributed by atoms with Crippen LogP contribution in [0.25, 0.3) is 0 Å². The molecular formula is C24H31ClIN5O. The first kappa shape index (κ1) is 24.6. The molecule has 1 amide bonds. The second-order valence-corrected chi connectivity index (χ2v) is 8.65. The number of halogens is 2. The van der Waals surface area contributed by atoms with E-state index in [2.05, 4.69) is 50.9 Å². The zero-order chi connectivity index (χ0) is 21.6. The Balaban J connectivity index is 0.00000289. The Hall–Kier alpha value is -2.00. The van der Waals surface area contributed by atoms with Crippen LogP contribution in [0, 0.1) is 0 Å². The standard InChI is InChI=1S/C24H30ClN5O.HI/c1-26-24(28-21-11-13-29(17-21)22-5-2-4-20(25)14-22)27-15-18-7-9-19(10-8-18)16-30-12-3-6-23(30)31;/h2,4-5,7-10,14,21H,3,6,11-13,15-17H2,1H3,(H2,26,27,28);1H. The van der Waals surface area contributed by atoms with Gasteiger partial charge in [-0.15, -0.1) is 24.0 Å². The molecule has 2 aliphatic heterocycles. The van der Waals surface area contributed by atoms with E-state index >= 15 is 0 Å². The molecule has 2 fully saturated rings. The molecule has 4 rings (SSSR count). The van der Waals surface area contributed by atoms with Gasteiger partial charge in [-0.05, 0) is 42.2 Å². The van der Waals surface area contributed by atoms with E-state index in [-0.39, 0.29) is 29.9 Å². The number of nitrogens with one attached hydrogen (secondary N) is 2. The number of hydrogen-bond donors (Lipinski definition) is 2. The maximum atomic E-state index is 11.8. The largest absolute Gasteiger partial charge is 0.369 e. The smallest absolute Gasteiger partial charge is 0.222 e. The summed E-state index contributed by atoms with van der Waals surface area (Å²) < 4.78 is 0. The highest BCUT2D eigenvalue weighted by molar-refractivity contribution is 14.0. The van der Waals surface area contributed by atoms with Gasteiger partial charge in [0.25, 0.3) is 0 Å². The minimum absolute atomic E-state index is 0. The zero-order valence-corrected chi connectivity index (χ0v) is 21.5. The van der Waals surface area contributed by atoms with Gasteiger partial charge in [0.1, 0.15) is 0 Å². The van der Waals surface area contributed by atoms with E-state index in [1.807, 2.05) is 23.1 Å². The van der Waals surface area contributed by atoms with Crippen LogP contribution < -0.4 is 15.5 Å². The average Bonchev–Trinajstić information content (AvgIpc) is 3.41. The van der Waals surface area contributed by atoms with E-state index in [0.29, 0.717) is 25.6 Å². The molecule has 2 aromatic carbocycles. The fourth-order valence-electron chi connectivity index (χ4n) is 4.21. The number of nitrogens with zero attached hydrogens (tertiary/aromatic N) is 3. The van der Waals surface area contributed by atoms with Gasteiger partial charge in [-0.25, -0.2) is 0 Å². The summed E-state index contributed by atoms with van der Waals surface area (Å²) in [5.74, 6) is 1.08. The van der Waals surface area contributed by atoms with Gasteiger partial charge < -0.3 is 20.4 Å². The normalized spacial score (nSPS) is 18.6. The predicted molar refractivity (Wildman–Crippen MR) is 142 cm³/mol. The van der Waals surface area contributed by atoms with Crippen molar-refractivity contribution in [1.29, 1.82) is 0 Å². The molecule has 8 heteroatoms. The quantitative estimate of drug-likeness (QED) is 0.315. The van der Waals surface area contributed by atoms with Crippen molar-refractivity contribution >= 4 is 53.1 Å². The molecule has 2 saturated heterocycles. The lowest BCUT2D eigenvalue weighted by Gasteiger charge is -2.20. The third kappa shape index (κ3) is 6.51. The van der Waals surface area contributed by atoms with Gasteiger partial charge in [0.2, 0.25) is 5.91 Å². The van der Waals surface area contributed by atoms with Crippen LogP contribution in [-0.4, -0.2) is 49.5 Å². The molecule has 0 spiro atoms. The minimum atomic E-state index is 0. The highest BCUT2D eigenvalue weighted by Crippen LogP contribution is 2.23. The third-order valence-electron chi connectivity index (χ3n) is 5.95. The molecule has 1 atom stereocenters. The minimum Gasteiger partial charge on any atom is -0.369 e. The maximum Gasteiger partial charge on any atom is 0.222 e. The number of amides is 1. The van der Waals surface area contributed by atoms with Crippen molar-refractivity contribution in [3.05, 3.63) is 64.7 Å². The molecule has 172 valence electrons. The molecule has 0 saturated carbocycles. The number of benzene rings is 2. The molecule has 2 N–H and O–H groups in total. The topological polar surface area (TPSA) is 60.0 Å². The van der Waals surface area contributed by atoms with E-state index in [9.17, 15) is 4.79 Å². The van der Waals surface area contributed by atoms with Crippen LogP contribution in [0.4, 0.5) is 5.69 Å².